The van der Waals surface area contributed by atoms with Gasteiger partial charge in [0.1, 0.15) is 22.4 Å². The Bertz CT molecular complexity index is 575. The lowest BCUT2D eigenvalue weighted by atomic mass is 10.2. The molecule has 1 saturated heterocycles. The number of nitriles is 1. The molecule has 0 spiro atoms. The first-order chi connectivity index (χ1) is 10.1. The average molecular weight is 301 g/mol. The van der Waals surface area contributed by atoms with Crippen molar-refractivity contribution >= 4 is 23.0 Å². The molecule has 1 aliphatic rings. The van der Waals surface area contributed by atoms with Gasteiger partial charge in [-0.25, -0.2) is 4.98 Å². The van der Waals surface area contributed by atoms with Crippen molar-refractivity contribution in [2.75, 3.05) is 31.1 Å². The molecule has 0 aromatic carbocycles. The molecule has 0 atom stereocenters. The highest BCUT2D eigenvalue weighted by molar-refractivity contribution is 7.80. The molecular formula is C15H19N5S. The number of anilines is 1. The van der Waals surface area contributed by atoms with Crippen LogP contribution >= 0.6 is 12.2 Å². The summed E-state index contributed by atoms with van der Waals surface area (Å²) in [6.07, 6.45) is 2.81. The van der Waals surface area contributed by atoms with Crippen molar-refractivity contribution in [3.8, 4) is 6.07 Å². The molecule has 0 radical (unpaired) electrons. The number of thiocarbonyl (C=S) groups is 1. The molecule has 2 N–H and O–H groups in total. The van der Waals surface area contributed by atoms with Gasteiger partial charge in [0, 0.05) is 38.1 Å². The van der Waals surface area contributed by atoms with E-state index in [1.54, 1.807) is 0 Å². The van der Waals surface area contributed by atoms with Crippen molar-refractivity contribution in [3.63, 3.8) is 0 Å². The molecule has 5 nitrogen and oxygen atoms in total. The molecule has 6 heteroatoms. The predicted octanol–water partition coefficient (Wildman–Crippen LogP) is 1.68. The Kier molecular flexibility index (Phi) is 5.12. The van der Waals surface area contributed by atoms with Gasteiger partial charge in [0.25, 0.3) is 0 Å². The van der Waals surface area contributed by atoms with Gasteiger partial charge in [-0.05, 0) is 25.5 Å². The van der Waals surface area contributed by atoms with Crippen LogP contribution in [-0.4, -0.2) is 41.1 Å². The maximum atomic E-state index is 9.18. The van der Waals surface area contributed by atoms with Crippen molar-refractivity contribution in [2.24, 2.45) is 5.73 Å². The van der Waals surface area contributed by atoms with E-state index in [4.69, 9.17) is 18.0 Å². The molecule has 0 bridgehead atoms. The Morgan fingerprint density at radius 2 is 2.14 bits per heavy atom. The van der Waals surface area contributed by atoms with E-state index in [0.717, 1.165) is 44.1 Å². The SMILES string of the molecule is C/C(=C(\C#N)C(N)=S)N1CCCN(c2ccccn2)CC1. The Hall–Kier alpha value is -2.13. The highest BCUT2D eigenvalue weighted by Gasteiger charge is 2.18. The van der Waals surface area contributed by atoms with Gasteiger partial charge in [0.05, 0.1) is 0 Å². The molecule has 21 heavy (non-hydrogen) atoms. The van der Waals surface area contributed by atoms with Gasteiger partial charge >= 0.3 is 0 Å². The highest BCUT2D eigenvalue weighted by Crippen LogP contribution is 2.17. The molecule has 0 saturated carbocycles. The summed E-state index contributed by atoms with van der Waals surface area (Å²) in [5.41, 5.74) is 6.90. The lowest BCUT2D eigenvalue weighted by molar-refractivity contribution is 0.369. The quantitative estimate of drug-likeness (QED) is 0.520. The van der Waals surface area contributed by atoms with Gasteiger partial charge in [-0.1, -0.05) is 18.3 Å². The summed E-state index contributed by atoms with van der Waals surface area (Å²) in [6.45, 7) is 5.45. The van der Waals surface area contributed by atoms with Crippen LogP contribution in [0.4, 0.5) is 5.82 Å². The molecule has 2 heterocycles. The Labute approximate surface area is 130 Å². The van der Waals surface area contributed by atoms with Crippen LogP contribution in [0.5, 0.6) is 0 Å². The fraction of sp³-hybridized carbons (Fsp3) is 0.400. The molecule has 1 fully saturated rings. The topological polar surface area (TPSA) is 69.2 Å². The smallest absolute Gasteiger partial charge is 0.128 e. The van der Waals surface area contributed by atoms with E-state index in [1.165, 1.54) is 0 Å². The molecule has 1 aromatic rings. The van der Waals surface area contributed by atoms with Crippen LogP contribution in [0.25, 0.3) is 0 Å². The minimum absolute atomic E-state index is 0.167. The molecule has 1 aliphatic heterocycles. The first-order valence-corrected chi connectivity index (χ1v) is 7.36. The fourth-order valence-corrected chi connectivity index (χ4v) is 2.69. The van der Waals surface area contributed by atoms with Gasteiger partial charge in [-0.2, -0.15) is 5.26 Å². The highest BCUT2D eigenvalue weighted by atomic mass is 32.1. The minimum atomic E-state index is 0.167. The number of nitrogens with zero attached hydrogens (tertiary/aromatic N) is 4. The zero-order valence-corrected chi connectivity index (χ0v) is 12.9. The van der Waals surface area contributed by atoms with Crippen LogP contribution in [-0.2, 0) is 0 Å². The monoisotopic (exact) mass is 301 g/mol. The summed E-state index contributed by atoms with van der Waals surface area (Å²) in [4.78, 5) is 9.01. The van der Waals surface area contributed by atoms with E-state index >= 15 is 0 Å². The van der Waals surface area contributed by atoms with E-state index < -0.39 is 0 Å². The number of pyridine rings is 1. The van der Waals surface area contributed by atoms with Crippen LogP contribution < -0.4 is 10.6 Å². The zero-order valence-electron chi connectivity index (χ0n) is 12.1. The van der Waals surface area contributed by atoms with E-state index in [1.807, 2.05) is 31.3 Å². The number of aromatic nitrogens is 1. The first-order valence-electron chi connectivity index (χ1n) is 6.95. The summed E-state index contributed by atoms with van der Waals surface area (Å²) in [5.74, 6) is 0.996. The van der Waals surface area contributed by atoms with Crippen molar-refractivity contribution in [1.82, 2.24) is 9.88 Å². The Balaban J connectivity index is 2.11. The van der Waals surface area contributed by atoms with Gasteiger partial charge in [-0.15, -0.1) is 0 Å². The van der Waals surface area contributed by atoms with Gasteiger partial charge in [0.2, 0.25) is 0 Å². The lowest BCUT2D eigenvalue weighted by Gasteiger charge is -2.25. The van der Waals surface area contributed by atoms with Crippen molar-refractivity contribution < 1.29 is 0 Å². The molecule has 1 aromatic heterocycles. The van der Waals surface area contributed by atoms with Crippen LogP contribution in [0.3, 0.4) is 0 Å². The van der Waals surface area contributed by atoms with Crippen molar-refractivity contribution in [2.45, 2.75) is 13.3 Å². The third kappa shape index (κ3) is 3.70. The fourth-order valence-electron chi connectivity index (χ4n) is 2.50. The summed E-state index contributed by atoms with van der Waals surface area (Å²) in [7, 11) is 0. The molecule has 0 unspecified atom stereocenters. The molecular weight excluding hydrogens is 282 g/mol. The standard InChI is InChI=1S/C15H19N5S/c1-12(13(11-16)15(17)21)19-7-4-8-20(10-9-19)14-5-2-3-6-18-14/h2-3,5-6H,4,7-10H2,1H3,(H2,17,21)/b13-12-. The third-order valence-electron chi connectivity index (χ3n) is 3.66. The summed E-state index contributed by atoms with van der Waals surface area (Å²) >= 11 is 4.95. The van der Waals surface area contributed by atoms with E-state index in [2.05, 4.69) is 20.9 Å². The van der Waals surface area contributed by atoms with Gasteiger partial charge in [0.15, 0.2) is 0 Å². The van der Waals surface area contributed by atoms with E-state index in [0.29, 0.717) is 5.57 Å². The van der Waals surface area contributed by atoms with Gasteiger partial charge in [-0.3, -0.25) is 0 Å². The number of rotatable bonds is 3. The number of hydrogen-bond donors (Lipinski definition) is 1. The second-order valence-electron chi connectivity index (χ2n) is 4.95. The second-order valence-corrected chi connectivity index (χ2v) is 5.39. The van der Waals surface area contributed by atoms with Crippen molar-refractivity contribution in [1.29, 1.82) is 5.26 Å². The zero-order chi connectivity index (χ0) is 15.2. The van der Waals surface area contributed by atoms with Crippen LogP contribution in [0.2, 0.25) is 0 Å². The van der Waals surface area contributed by atoms with E-state index in [9.17, 15) is 5.26 Å². The second kappa shape index (κ2) is 7.04. The Morgan fingerprint density at radius 3 is 2.76 bits per heavy atom. The van der Waals surface area contributed by atoms with Gasteiger partial charge < -0.3 is 15.5 Å². The largest absolute Gasteiger partial charge is 0.389 e. The average Bonchev–Trinajstić information content (AvgIpc) is 2.74. The lowest BCUT2D eigenvalue weighted by Crippen LogP contribution is -2.31. The minimum Gasteiger partial charge on any atom is -0.389 e. The normalized spacial score (nSPS) is 16.8. The first kappa shape index (κ1) is 15.3. The summed E-state index contributed by atoms with van der Waals surface area (Å²) in [6, 6.07) is 8.04. The van der Waals surface area contributed by atoms with Crippen LogP contribution in [0.1, 0.15) is 13.3 Å². The Morgan fingerprint density at radius 1 is 1.33 bits per heavy atom. The van der Waals surface area contributed by atoms with Crippen molar-refractivity contribution in [3.05, 3.63) is 35.7 Å². The third-order valence-corrected chi connectivity index (χ3v) is 3.87. The maximum Gasteiger partial charge on any atom is 0.128 e. The van der Waals surface area contributed by atoms with Crippen LogP contribution in [0, 0.1) is 11.3 Å². The van der Waals surface area contributed by atoms with Crippen LogP contribution in [0.15, 0.2) is 35.7 Å². The summed E-state index contributed by atoms with van der Waals surface area (Å²) < 4.78 is 0. The molecule has 2 rings (SSSR count). The molecule has 0 amide bonds. The van der Waals surface area contributed by atoms with E-state index in [-0.39, 0.29) is 4.99 Å². The summed E-state index contributed by atoms with van der Waals surface area (Å²) in [5, 5.41) is 9.18. The number of nitrogens with two attached hydrogens (primary N) is 1. The maximum absolute atomic E-state index is 9.18. The number of hydrogen-bond acceptors (Lipinski definition) is 5. The molecule has 0 aliphatic carbocycles. The predicted molar refractivity (Wildman–Crippen MR) is 87.7 cm³/mol. The number of allylic oxidation sites excluding steroid dienone is 1. The molecule has 110 valence electrons.